The van der Waals surface area contributed by atoms with Gasteiger partial charge in [-0.1, -0.05) is 35.9 Å². The van der Waals surface area contributed by atoms with Crippen molar-refractivity contribution in [2.24, 2.45) is 0 Å². The number of hydrogen-bond acceptors (Lipinski definition) is 1. The fourth-order valence-corrected chi connectivity index (χ4v) is 1.90. The minimum atomic E-state index is 0.904. The van der Waals surface area contributed by atoms with Crippen LogP contribution in [0.1, 0.15) is 17.0 Å². The molecule has 0 aliphatic rings. The van der Waals surface area contributed by atoms with Crippen LogP contribution < -0.4 is 4.43 Å². The number of aryl methyl sites for hydroxylation is 1. The largest absolute Gasteiger partial charge is 0.258 e. The van der Waals surface area contributed by atoms with Crippen LogP contribution in [0.4, 0.5) is 0 Å². The molecule has 2 heteroatoms. The van der Waals surface area contributed by atoms with Crippen molar-refractivity contribution in [2.45, 2.75) is 13.3 Å². The maximum Gasteiger partial charge on any atom is 0.176 e. The summed E-state index contributed by atoms with van der Waals surface area (Å²) in [4.78, 5) is 4.50. The molecule has 0 N–H and O–H groups in total. The molecular weight excluding hydrogens is 197 g/mol. The van der Waals surface area contributed by atoms with E-state index in [-0.39, 0.29) is 0 Å². The van der Waals surface area contributed by atoms with E-state index in [0.29, 0.717) is 0 Å². The van der Waals surface area contributed by atoms with Gasteiger partial charge in [0.2, 0.25) is 0 Å². The van der Waals surface area contributed by atoms with Crippen molar-refractivity contribution in [3.8, 4) is 0 Å². The van der Waals surface area contributed by atoms with E-state index in [1.807, 2.05) is 13.0 Å². The summed E-state index contributed by atoms with van der Waals surface area (Å²) in [5.74, 6) is 0. The van der Waals surface area contributed by atoms with Gasteiger partial charge < -0.3 is 0 Å². The van der Waals surface area contributed by atoms with E-state index in [4.69, 9.17) is 0 Å². The van der Waals surface area contributed by atoms with Crippen molar-refractivity contribution < 1.29 is 0 Å². The molecule has 1 aromatic carbocycles. The number of benzene rings is 1. The van der Waals surface area contributed by atoms with Gasteiger partial charge in [-0.3, -0.25) is 4.98 Å². The summed E-state index contributed by atoms with van der Waals surface area (Å²) in [6, 6.07) is 14.5. The van der Waals surface area contributed by atoms with Crippen LogP contribution in [0.5, 0.6) is 0 Å². The molecule has 2 aromatic rings. The van der Waals surface area contributed by atoms with E-state index in [1.165, 1.54) is 9.99 Å². The van der Waals surface area contributed by atoms with Crippen molar-refractivity contribution in [3.63, 3.8) is 0 Å². The molecule has 0 unspecified atom stereocenters. The normalized spacial score (nSPS) is 10.2. The molecule has 2 rings (SSSR count). The topological polar surface area (TPSA) is 12.9 Å². The van der Waals surface area contributed by atoms with Gasteiger partial charge in [-0.15, -0.1) is 4.43 Å². The third kappa shape index (κ3) is 2.68. The summed E-state index contributed by atoms with van der Waals surface area (Å²) in [6.07, 6.45) is 0.904. The first kappa shape index (κ1) is 10.4. The number of rotatable bonds is 2. The summed E-state index contributed by atoms with van der Waals surface area (Å²) in [7, 11) is 0. The second-order valence-electron chi connectivity index (χ2n) is 3.65. The second-order valence-corrected chi connectivity index (χ2v) is 4.27. The molecule has 0 fully saturated rings. The molecule has 15 heavy (non-hydrogen) atoms. The van der Waals surface area contributed by atoms with Gasteiger partial charge in [-0.2, -0.15) is 0 Å². The highest BCUT2D eigenvalue weighted by molar-refractivity contribution is 6.33. The van der Waals surface area contributed by atoms with Gasteiger partial charge in [0.05, 0.1) is 0 Å². The van der Waals surface area contributed by atoms with Gasteiger partial charge in [0, 0.05) is 17.8 Å². The van der Waals surface area contributed by atoms with Crippen LogP contribution in [0.25, 0.3) is 0 Å². The maximum absolute atomic E-state index is 4.50. The number of hydrogen-bond donors (Lipinski definition) is 0. The fourth-order valence-electron chi connectivity index (χ4n) is 1.59. The zero-order valence-electron chi connectivity index (χ0n) is 8.77. The van der Waals surface area contributed by atoms with Gasteiger partial charge in [-0.25, -0.2) is 0 Å². The minimum Gasteiger partial charge on any atom is -0.258 e. The minimum absolute atomic E-state index is 0.904. The first-order chi connectivity index (χ1) is 7.25. The van der Waals surface area contributed by atoms with Crippen LogP contribution in [-0.4, -0.2) is 21.3 Å². The molecule has 0 atom stereocenters. The van der Waals surface area contributed by atoms with Crippen molar-refractivity contribution >= 4 is 20.7 Å². The fraction of sp³-hybridized carbons (Fsp3) is 0.154. The molecule has 0 saturated heterocycles. The first-order valence-electron chi connectivity index (χ1n) is 5.01. The van der Waals surface area contributed by atoms with E-state index in [1.54, 1.807) is 0 Å². The Kier molecular flexibility index (Phi) is 3.21. The maximum atomic E-state index is 4.50. The lowest BCUT2D eigenvalue weighted by Crippen LogP contribution is -2.10. The summed E-state index contributed by atoms with van der Waals surface area (Å²) in [6.45, 7) is 2.02. The second kappa shape index (κ2) is 4.61. The Morgan fingerprint density at radius 1 is 1.07 bits per heavy atom. The van der Waals surface area contributed by atoms with Gasteiger partial charge >= 0.3 is 0 Å². The standard InChI is InChI=1S/C13H12N.Al/c1-11-6-5-9-13(14-11)10-12-7-3-2-4-8-12;/h2-7,9H,10H2,1H3;. The molecule has 0 spiro atoms. The van der Waals surface area contributed by atoms with Crippen molar-refractivity contribution in [1.82, 2.24) is 4.98 Å². The summed E-state index contributed by atoms with van der Waals surface area (Å²) >= 11 is 2.77. The van der Waals surface area contributed by atoms with Crippen LogP contribution in [0.15, 0.2) is 42.5 Å². The lowest BCUT2D eigenvalue weighted by atomic mass is 10.1. The molecule has 0 aliphatic heterocycles. The highest BCUT2D eigenvalue weighted by Gasteiger charge is 1.99. The Balaban J connectivity index is 2.26. The van der Waals surface area contributed by atoms with Gasteiger partial charge in [0.1, 0.15) is 0 Å². The van der Waals surface area contributed by atoms with Gasteiger partial charge in [-0.05, 0) is 19.1 Å². The molecule has 1 aromatic heterocycles. The van der Waals surface area contributed by atoms with E-state index in [2.05, 4.69) is 57.7 Å². The van der Waals surface area contributed by atoms with E-state index in [0.717, 1.165) is 17.8 Å². The molecule has 0 saturated carbocycles. The Hall–Kier alpha value is -1.10. The summed E-state index contributed by atoms with van der Waals surface area (Å²) in [5.41, 5.74) is 3.53. The highest BCUT2D eigenvalue weighted by Crippen LogP contribution is 2.05. The van der Waals surface area contributed by atoms with Crippen LogP contribution in [-0.2, 0) is 6.42 Å². The van der Waals surface area contributed by atoms with Crippen LogP contribution >= 0.6 is 0 Å². The number of aromatic nitrogens is 1. The number of nitrogens with zero attached hydrogens (tertiary/aromatic N) is 1. The lowest BCUT2D eigenvalue weighted by Gasteiger charge is -2.06. The van der Waals surface area contributed by atoms with Gasteiger partial charge in [0.25, 0.3) is 0 Å². The average Bonchev–Trinajstić information content (AvgIpc) is 2.22. The van der Waals surface area contributed by atoms with Gasteiger partial charge in [0.15, 0.2) is 16.3 Å². The van der Waals surface area contributed by atoms with Crippen LogP contribution in [0.2, 0.25) is 0 Å². The zero-order chi connectivity index (χ0) is 10.7. The lowest BCUT2D eigenvalue weighted by molar-refractivity contribution is 1.04. The predicted molar refractivity (Wildman–Crippen MR) is 63.6 cm³/mol. The molecule has 0 amide bonds. The Bertz CT molecular complexity index is 466. The molecule has 0 bridgehead atoms. The molecular formula is C13H12AlN. The van der Waals surface area contributed by atoms with Crippen molar-refractivity contribution in [3.05, 3.63) is 59.4 Å². The number of pyridine rings is 1. The Morgan fingerprint density at radius 3 is 2.60 bits per heavy atom. The summed E-state index contributed by atoms with van der Waals surface area (Å²) < 4.78 is 1.25. The van der Waals surface area contributed by atoms with Crippen LogP contribution in [0.3, 0.4) is 0 Å². The molecule has 0 aliphatic carbocycles. The van der Waals surface area contributed by atoms with Crippen molar-refractivity contribution in [2.75, 3.05) is 0 Å². The Morgan fingerprint density at radius 2 is 1.87 bits per heavy atom. The highest BCUT2D eigenvalue weighted by atomic mass is 27.0. The van der Waals surface area contributed by atoms with Crippen LogP contribution in [0, 0.1) is 6.92 Å². The predicted octanol–water partition coefficient (Wildman–Crippen LogP) is 1.77. The van der Waals surface area contributed by atoms with E-state index >= 15 is 0 Å². The monoisotopic (exact) mass is 209 g/mol. The molecule has 1 heterocycles. The molecule has 2 radical (unpaired) electrons. The van der Waals surface area contributed by atoms with E-state index in [9.17, 15) is 0 Å². The SMILES string of the molecule is Cc1cccc(Cc2cccc[c]2[Al])n1. The zero-order valence-corrected chi connectivity index (χ0v) is 9.93. The quantitative estimate of drug-likeness (QED) is 0.687. The Labute approximate surface area is 98.6 Å². The molecule has 1 nitrogen and oxygen atoms in total. The van der Waals surface area contributed by atoms with E-state index < -0.39 is 0 Å². The molecule has 72 valence electrons. The average molecular weight is 209 g/mol. The third-order valence-electron chi connectivity index (χ3n) is 2.37. The summed E-state index contributed by atoms with van der Waals surface area (Å²) in [5, 5.41) is 0. The first-order valence-corrected chi connectivity index (χ1v) is 5.59. The smallest absolute Gasteiger partial charge is 0.176 e. The van der Waals surface area contributed by atoms with Crippen molar-refractivity contribution in [1.29, 1.82) is 0 Å². The third-order valence-corrected chi connectivity index (χ3v) is 2.94.